The molecule has 25 heavy (non-hydrogen) atoms. The van der Waals surface area contributed by atoms with Gasteiger partial charge in [0.25, 0.3) is 0 Å². The van der Waals surface area contributed by atoms with Gasteiger partial charge >= 0.3 is 12.1 Å². The fourth-order valence-corrected chi connectivity index (χ4v) is 3.33. The summed E-state index contributed by atoms with van der Waals surface area (Å²) in [6.45, 7) is 0.673. The maximum absolute atomic E-state index is 12.3. The second-order valence-corrected chi connectivity index (χ2v) is 6.96. The van der Waals surface area contributed by atoms with Crippen LogP contribution in [0.15, 0.2) is 59.1 Å². The van der Waals surface area contributed by atoms with Gasteiger partial charge in [-0.3, -0.25) is 4.79 Å². The number of rotatable bonds is 4. The number of carbonyl (C=O) groups is 2. The molecule has 5 nitrogen and oxygen atoms in total. The Hall–Kier alpha value is -2.34. The number of hydrogen-bond acceptors (Lipinski definition) is 3. The van der Waals surface area contributed by atoms with Crippen molar-refractivity contribution in [2.24, 2.45) is 5.92 Å². The van der Waals surface area contributed by atoms with Crippen molar-refractivity contribution in [2.75, 3.05) is 13.1 Å². The molecule has 1 heterocycles. The molecule has 1 N–H and O–H groups in total. The van der Waals surface area contributed by atoms with Gasteiger partial charge in [-0.15, -0.1) is 0 Å². The number of amides is 1. The van der Waals surface area contributed by atoms with E-state index in [1.165, 1.54) is 4.90 Å². The van der Waals surface area contributed by atoms with Crippen LogP contribution in [0.25, 0.3) is 0 Å². The molecule has 0 spiro atoms. The van der Waals surface area contributed by atoms with Gasteiger partial charge < -0.3 is 14.7 Å². The minimum atomic E-state index is -0.897. The molecule has 0 saturated carbocycles. The van der Waals surface area contributed by atoms with Crippen molar-refractivity contribution in [3.8, 4) is 0 Å². The molecule has 1 aliphatic rings. The second kappa shape index (κ2) is 7.70. The molecule has 1 saturated heterocycles. The van der Waals surface area contributed by atoms with Crippen LogP contribution in [-0.4, -0.2) is 35.2 Å². The Morgan fingerprint density at radius 2 is 1.76 bits per heavy atom. The standard InChI is InChI=1S/C19H18BrNO4/c20-15-8-6-14(7-9-15)16-10-21(11-17(16)18(22)23)19(24)25-12-13-4-2-1-3-5-13/h1-9,16-17H,10-12H2,(H,22,23)/t16-,17+/m0/s1. The van der Waals surface area contributed by atoms with Crippen molar-refractivity contribution in [3.05, 3.63) is 70.2 Å². The number of carboxylic acid groups (broad SMARTS) is 1. The SMILES string of the molecule is O=C(O)[C@@H]1CN(C(=O)OCc2ccccc2)C[C@H]1c1ccc(Br)cc1. The third-order valence-electron chi connectivity index (χ3n) is 4.40. The number of ether oxygens (including phenoxy) is 1. The molecule has 1 fully saturated rings. The van der Waals surface area contributed by atoms with Crippen LogP contribution in [0, 0.1) is 5.92 Å². The number of carbonyl (C=O) groups excluding carboxylic acids is 1. The van der Waals surface area contributed by atoms with E-state index in [2.05, 4.69) is 15.9 Å². The van der Waals surface area contributed by atoms with E-state index in [-0.39, 0.29) is 19.1 Å². The summed E-state index contributed by atoms with van der Waals surface area (Å²) in [5, 5.41) is 9.52. The van der Waals surface area contributed by atoms with Gasteiger partial charge in [-0.1, -0.05) is 58.4 Å². The quantitative estimate of drug-likeness (QED) is 0.840. The van der Waals surface area contributed by atoms with Crippen LogP contribution < -0.4 is 0 Å². The van der Waals surface area contributed by atoms with Crippen molar-refractivity contribution >= 4 is 28.0 Å². The summed E-state index contributed by atoms with van der Waals surface area (Å²) in [6.07, 6.45) is -0.477. The largest absolute Gasteiger partial charge is 0.481 e. The lowest BCUT2D eigenvalue weighted by molar-refractivity contribution is -0.141. The highest BCUT2D eigenvalue weighted by molar-refractivity contribution is 9.10. The number of carboxylic acids is 1. The zero-order valence-corrected chi connectivity index (χ0v) is 15.1. The highest BCUT2D eigenvalue weighted by Gasteiger charge is 2.41. The summed E-state index contributed by atoms with van der Waals surface area (Å²) in [5.41, 5.74) is 1.81. The van der Waals surface area contributed by atoms with Gasteiger partial charge in [0.05, 0.1) is 5.92 Å². The number of likely N-dealkylation sites (tertiary alicyclic amines) is 1. The molecule has 0 radical (unpaired) electrons. The minimum absolute atomic E-state index is 0.156. The number of hydrogen-bond donors (Lipinski definition) is 1. The van der Waals surface area contributed by atoms with Crippen LogP contribution in [0.4, 0.5) is 4.79 Å². The molecule has 0 aromatic heterocycles. The highest BCUT2D eigenvalue weighted by atomic mass is 79.9. The van der Waals surface area contributed by atoms with Crippen molar-refractivity contribution in [2.45, 2.75) is 12.5 Å². The Morgan fingerprint density at radius 1 is 1.08 bits per heavy atom. The summed E-state index contributed by atoms with van der Waals surface area (Å²) in [7, 11) is 0. The first-order chi connectivity index (χ1) is 12.0. The number of benzene rings is 2. The van der Waals surface area contributed by atoms with Gasteiger partial charge in [-0.2, -0.15) is 0 Å². The van der Waals surface area contributed by atoms with Crippen LogP contribution in [-0.2, 0) is 16.1 Å². The third-order valence-corrected chi connectivity index (χ3v) is 4.93. The molecule has 0 unspecified atom stereocenters. The molecule has 1 amide bonds. The highest BCUT2D eigenvalue weighted by Crippen LogP contribution is 2.34. The van der Waals surface area contributed by atoms with E-state index in [0.29, 0.717) is 6.54 Å². The van der Waals surface area contributed by atoms with Crippen molar-refractivity contribution in [3.63, 3.8) is 0 Å². The molecule has 0 aliphatic carbocycles. The Labute approximate surface area is 154 Å². The Morgan fingerprint density at radius 3 is 2.40 bits per heavy atom. The van der Waals surface area contributed by atoms with E-state index >= 15 is 0 Å². The lowest BCUT2D eigenvalue weighted by atomic mass is 9.89. The van der Waals surface area contributed by atoms with Crippen LogP contribution in [0.5, 0.6) is 0 Å². The third kappa shape index (κ3) is 4.20. The maximum atomic E-state index is 12.3. The first-order valence-electron chi connectivity index (χ1n) is 7.98. The van der Waals surface area contributed by atoms with Crippen LogP contribution in [0.1, 0.15) is 17.0 Å². The normalized spacial score (nSPS) is 19.6. The molecule has 1 aliphatic heterocycles. The zero-order valence-electron chi connectivity index (χ0n) is 13.5. The van der Waals surface area contributed by atoms with E-state index in [9.17, 15) is 14.7 Å². The predicted molar refractivity (Wildman–Crippen MR) is 96.2 cm³/mol. The smallest absolute Gasteiger partial charge is 0.410 e. The summed E-state index contributed by atoms with van der Waals surface area (Å²) in [5.74, 6) is -1.77. The molecule has 130 valence electrons. The molecule has 0 bridgehead atoms. The van der Waals surface area contributed by atoms with Gasteiger partial charge in [-0.05, 0) is 23.3 Å². The summed E-state index contributed by atoms with van der Waals surface area (Å²) in [6, 6.07) is 16.9. The molecular formula is C19H18BrNO4. The van der Waals surface area contributed by atoms with Crippen LogP contribution >= 0.6 is 15.9 Å². The van der Waals surface area contributed by atoms with Crippen LogP contribution in [0.3, 0.4) is 0 Å². The first-order valence-corrected chi connectivity index (χ1v) is 8.78. The van der Waals surface area contributed by atoms with Gasteiger partial charge in [0.1, 0.15) is 6.61 Å². The molecule has 2 aromatic carbocycles. The van der Waals surface area contributed by atoms with Crippen LogP contribution in [0.2, 0.25) is 0 Å². The summed E-state index contributed by atoms with van der Waals surface area (Å²) < 4.78 is 6.26. The molecule has 2 atom stereocenters. The second-order valence-electron chi connectivity index (χ2n) is 6.05. The average molecular weight is 404 g/mol. The molecular weight excluding hydrogens is 386 g/mol. The Bertz CT molecular complexity index is 748. The van der Waals surface area contributed by atoms with Gasteiger partial charge in [0.15, 0.2) is 0 Å². The molecule has 3 rings (SSSR count). The van der Waals surface area contributed by atoms with E-state index in [0.717, 1.165) is 15.6 Å². The monoisotopic (exact) mass is 403 g/mol. The number of halogens is 1. The minimum Gasteiger partial charge on any atom is -0.481 e. The van der Waals surface area contributed by atoms with Gasteiger partial charge in [0.2, 0.25) is 0 Å². The first kappa shape index (κ1) is 17.5. The summed E-state index contributed by atoms with van der Waals surface area (Å²) in [4.78, 5) is 25.4. The van der Waals surface area contributed by atoms with E-state index in [4.69, 9.17) is 4.74 Å². The van der Waals surface area contributed by atoms with Gasteiger partial charge in [0, 0.05) is 23.5 Å². The lowest BCUT2D eigenvalue weighted by Gasteiger charge is -2.16. The average Bonchev–Trinajstić information content (AvgIpc) is 3.07. The topological polar surface area (TPSA) is 66.8 Å². The predicted octanol–water partition coefficient (Wildman–Crippen LogP) is 3.89. The summed E-state index contributed by atoms with van der Waals surface area (Å²) >= 11 is 3.38. The number of nitrogens with zero attached hydrogens (tertiary/aromatic N) is 1. The van der Waals surface area contributed by atoms with Crippen molar-refractivity contribution in [1.82, 2.24) is 4.90 Å². The Kier molecular flexibility index (Phi) is 5.38. The fourth-order valence-electron chi connectivity index (χ4n) is 3.06. The van der Waals surface area contributed by atoms with Gasteiger partial charge in [-0.25, -0.2) is 4.79 Å². The van der Waals surface area contributed by atoms with Crippen molar-refractivity contribution < 1.29 is 19.4 Å². The number of aliphatic carboxylic acids is 1. The van der Waals surface area contributed by atoms with E-state index in [1.54, 1.807) is 0 Å². The Balaban J connectivity index is 1.68. The molecule has 6 heteroatoms. The molecule has 2 aromatic rings. The van der Waals surface area contributed by atoms with E-state index in [1.807, 2.05) is 54.6 Å². The zero-order chi connectivity index (χ0) is 17.8. The maximum Gasteiger partial charge on any atom is 0.410 e. The van der Waals surface area contributed by atoms with E-state index < -0.39 is 18.0 Å². The fraction of sp³-hybridized carbons (Fsp3) is 0.263. The lowest BCUT2D eigenvalue weighted by Crippen LogP contribution is -2.30. The van der Waals surface area contributed by atoms with Crippen molar-refractivity contribution in [1.29, 1.82) is 0 Å².